The molecule has 0 N–H and O–H groups in total. The summed E-state index contributed by atoms with van der Waals surface area (Å²) >= 11 is 1.86. The third-order valence-corrected chi connectivity index (χ3v) is 9.46. The highest BCUT2D eigenvalue weighted by molar-refractivity contribution is 7.22. The normalized spacial score (nSPS) is 16.3. The van der Waals surface area contributed by atoms with E-state index in [1.54, 1.807) is 0 Å². The molecule has 4 aromatic rings. The van der Waals surface area contributed by atoms with Crippen molar-refractivity contribution in [3.05, 3.63) is 89.5 Å². The number of ketones is 1. The lowest BCUT2D eigenvalue weighted by molar-refractivity contribution is 0.0969. The van der Waals surface area contributed by atoms with Crippen molar-refractivity contribution in [1.82, 2.24) is 9.80 Å². The van der Waals surface area contributed by atoms with Gasteiger partial charge in [0, 0.05) is 34.7 Å². The molecule has 0 saturated carbocycles. The smallest absolute Gasteiger partial charge is 0.164 e. The minimum absolute atomic E-state index is 0.248. The van der Waals surface area contributed by atoms with Gasteiger partial charge in [-0.15, -0.1) is 11.3 Å². The van der Waals surface area contributed by atoms with E-state index in [0.29, 0.717) is 6.42 Å². The van der Waals surface area contributed by atoms with E-state index < -0.39 is 0 Å². The first kappa shape index (κ1) is 26.2. The SMILES string of the molecule is O=C(CCN1CCCC1)c1ccc(Cc2c(-c3ccc(OCCN4CCCC4)cc3)sc3ccccc23)cc1. The molecule has 0 spiro atoms. The molecule has 202 valence electrons. The Morgan fingerprint density at radius 3 is 2.15 bits per heavy atom. The number of thiophene rings is 1. The van der Waals surface area contributed by atoms with Crippen molar-refractivity contribution in [3.63, 3.8) is 0 Å². The van der Waals surface area contributed by atoms with Gasteiger partial charge in [0.1, 0.15) is 12.4 Å². The molecule has 2 aliphatic heterocycles. The first-order chi connectivity index (χ1) is 19.2. The van der Waals surface area contributed by atoms with E-state index in [-0.39, 0.29) is 5.78 Å². The van der Waals surface area contributed by atoms with Crippen LogP contribution in [0.5, 0.6) is 5.75 Å². The lowest BCUT2D eigenvalue weighted by atomic mass is 9.97. The summed E-state index contributed by atoms with van der Waals surface area (Å²) in [5.74, 6) is 1.18. The fourth-order valence-electron chi connectivity index (χ4n) is 5.93. The molecule has 3 heterocycles. The molecule has 0 bridgehead atoms. The largest absolute Gasteiger partial charge is 0.492 e. The number of carbonyl (C=O) groups excluding carboxylic acids is 1. The zero-order valence-electron chi connectivity index (χ0n) is 22.7. The number of nitrogens with zero attached hydrogens (tertiary/aromatic N) is 2. The lowest BCUT2D eigenvalue weighted by Crippen LogP contribution is -2.25. The number of benzene rings is 3. The van der Waals surface area contributed by atoms with Gasteiger partial charge in [-0.05, 0) is 111 Å². The summed E-state index contributed by atoms with van der Waals surface area (Å²) in [6.45, 7) is 7.31. The highest BCUT2D eigenvalue weighted by atomic mass is 32.1. The van der Waals surface area contributed by atoms with Gasteiger partial charge in [-0.3, -0.25) is 9.69 Å². The maximum absolute atomic E-state index is 12.8. The third-order valence-electron chi connectivity index (χ3n) is 8.20. The molecule has 2 aliphatic rings. The number of rotatable bonds is 11. The molecule has 5 heteroatoms. The average molecular weight is 539 g/mol. The molecule has 6 rings (SSSR count). The summed E-state index contributed by atoms with van der Waals surface area (Å²) < 4.78 is 7.36. The van der Waals surface area contributed by atoms with E-state index in [0.717, 1.165) is 50.5 Å². The van der Waals surface area contributed by atoms with E-state index in [1.165, 1.54) is 70.4 Å². The van der Waals surface area contributed by atoms with Crippen LogP contribution in [-0.2, 0) is 6.42 Å². The van der Waals surface area contributed by atoms with Gasteiger partial charge in [0.2, 0.25) is 0 Å². The molecule has 0 aliphatic carbocycles. The summed E-state index contributed by atoms with van der Waals surface area (Å²) in [6.07, 6.45) is 6.60. The minimum atomic E-state index is 0.248. The maximum Gasteiger partial charge on any atom is 0.164 e. The highest BCUT2D eigenvalue weighted by Crippen LogP contribution is 2.40. The summed E-state index contributed by atoms with van der Waals surface area (Å²) in [6, 6.07) is 25.6. The Hall–Kier alpha value is -2.99. The highest BCUT2D eigenvalue weighted by Gasteiger charge is 2.17. The molecule has 1 aromatic heterocycles. The van der Waals surface area contributed by atoms with Crippen LogP contribution in [0, 0.1) is 0 Å². The minimum Gasteiger partial charge on any atom is -0.492 e. The third kappa shape index (κ3) is 6.43. The van der Waals surface area contributed by atoms with Crippen LogP contribution in [0.4, 0.5) is 0 Å². The van der Waals surface area contributed by atoms with Crippen molar-refractivity contribution in [2.75, 3.05) is 45.9 Å². The Morgan fingerprint density at radius 1 is 0.769 bits per heavy atom. The van der Waals surface area contributed by atoms with Crippen LogP contribution in [0.15, 0.2) is 72.8 Å². The van der Waals surface area contributed by atoms with Crippen molar-refractivity contribution in [1.29, 1.82) is 0 Å². The van der Waals surface area contributed by atoms with E-state index in [4.69, 9.17) is 4.74 Å². The predicted octanol–water partition coefficient (Wildman–Crippen LogP) is 7.30. The maximum atomic E-state index is 12.8. The van der Waals surface area contributed by atoms with E-state index >= 15 is 0 Å². The Morgan fingerprint density at radius 2 is 1.44 bits per heavy atom. The summed E-state index contributed by atoms with van der Waals surface area (Å²) in [4.78, 5) is 19.0. The second-order valence-corrected chi connectivity index (χ2v) is 12.0. The van der Waals surface area contributed by atoms with Gasteiger partial charge in [-0.2, -0.15) is 0 Å². The van der Waals surface area contributed by atoms with Gasteiger partial charge in [0.05, 0.1) is 0 Å². The van der Waals surface area contributed by atoms with Gasteiger partial charge in [0.15, 0.2) is 5.78 Å². The van der Waals surface area contributed by atoms with E-state index in [1.807, 2.05) is 23.5 Å². The van der Waals surface area contributed by atoms with Gasteiger partial charge in [-0.1, -0.05) is 42.5 Å². The zero-order chi connectivity index (χ0) is 26.4. The molecule has 3 aromatic carbocycles. The number of fused-ring (bicyclic) bond motifs is 1. The number of carbonyl (C=O) groups is 1. The van der Waals surface area contributed by atoms with Crippen molar-refractivity contribution in [2.45, 2.75) is 38.5 Å². The summed E-state index contributed by atoms with van der Waals surface area (Å²) in [5.41, 5.74) is 4.64. The van der Waals surface area contributed by atoms with Crippen LogP contribution in [-0.4, -0.2) is 61.5 Å². The molecular weight excluding hydrogens is 500 g/mol. The fraction of sp³-hybridized carbons (Fsp3) is 0.382. The molecule has 2 fully saturated rings. The van der Waals surface area contributed by atoms with Gasteiger partial charge >= 0.3 is 0 Å². The number of ether oxygens (including phenoxy) is 1. The van der Waals surface area contributed by atoms with E-state index in [2.05, 4.69) is 70.5 Å². The Kier molecular flexibility index (Phi) is 8.38. The molecule has 0 amide bonds. The Bertz CT molecular complexity index is 1380. The van der Waals surface area contributed by atoms with Crippen molar-refractivity contribution in [3.8, 4) is 16.2 Å². The number of likely N-dealkylation sites (tertiary alicyclic amines) is 2. The molecule has 4 nitrogen and oxygen atoms in total. The Labute approximate surface area is 236 Å². The molecular formula is C34H38N2O2S. The first-order valence-corrected chi connectivity index (χ1v) is 15.3. The van der Waals surface area contributed by atoms with Crippen molar-refractivity contribution < 1.29 is 9.53 Å². The fourth-order valence-corrected chi connectivity index (χ4v) is 7.16. The van der Waals surface area contributed by atoms with Crippen molar-refractivity contribution >= 4 is 27.2 Å². The van der Waals surface area contributed by atoms with Gasteiger partial charge in [-0.25, -0.2) is 0 Å². The van der Waals surface area contributed by atoms with Crippen LogP contribution in [0.1, 0.15) is 53.6 Å². The monoisotopic (exact) mass is 538 g/mol. The Balaban J connectivity index is 1.15. The first-order valence-electron chi connectivity index (χ1n) is 14.5. The van der Waals surface area contributed by atoms with E-state index in [9.17, 15) is 4.79 Å². The number of hydrogen-bond acceptors (Lipinski definition) is 5. The van der Waals surface area contributed by atoms with Gasteiger partial charge < -0.3 is 9.64 Å². The average Bonchev–Trinajstić information content (AvgIpc) is 3.75. The van der Waals surface area contributed by atoms with Crippen LogP contribution in [0.25, 0.3) is 20.5 Å². The standard InChI is InChI=1S/C34H38N2O2S/c37-32(17-22-35-18-3-4-19-35)27-11-9-26(10-12-27)25-31-30-7-1-2-8-33(30)39-34(31)28-13-15-29(16-14-28)38-24-23-36-20-5-6-21-36/h1-2,7-16H,3-6,17-25H2. The van der Waals surface area contributed by atoms with Crippen molar-refractivity contribution in [2.24, 2.45) is 0 Å². The second-order valence-electron chi connectivity index (χ2n) is 10.9. The van der Waals surface area contributed by atoms with Crippen LogP contribution >= 0.6 is 11.3 Å². The summed E-state index contributed by atoms with van der Waals surface area (Å²) in [7, 11) is 0. The molecule has 2 saturated heterocycles. The predicted molar refractivity (Wildman–Crippen MR) is 162 cm³/mol. The zero-order valence-corrected chi connectivity index (χ0v) is 23.6. The topological polar surface area (TPSA) is 32.8 Å². The molecule has 0 radical (unpaired) electrons. The molecule has 39 heavy (non-hydrogen) atoms. The van der Waals surface area contributed by atoms with Crippen LogP contribution in [0.3, 0.4) is 0 Å². The molecule has 0 atom stereocenters. The van der Waals surface area contributed by atoms with Crippen LogP contribution < -0.4 is 4.74 Å². The van der Waals surface area contributed by atoms with Crippen LogP contribution in [0.2, 0.25) is 0 Å². The second kappa shape index (κ2) is 12.5. The summed E-state index contributed by atoms with van der Waals surface area (Å²) in [5, 5.41) is 1.31. The quantitative estimate of drug-likeness (QED) is 0.188. The molecule has 0 unspecified atom stereocenters. The number of Topliss-reactive ketones (excluding diaryl/α,β-unsaturated/α-hetero) is 1. The number of hydrogen-bond donors (Lipinski definition) is 0. The lowest BCUT2D eigenvalue weighted by Gasteiger charge is -2.15. The van der Waals surface area contributed by atoms with Gasteiger partial charge in [0.25, 0.3) is 0 Å².